The lowest BCUT2D eigenvalue weighted by atomic mass is 9.91. The van der Waals surface area contributed by atoms with Crippen molar-refractivity contribution in [2.75, 3.05) is 0 Å². The second-order valence-electron chi connectivity index (χ2n) is 3.46. The molecule has 0 heterocycles. The van der Waals surface area contributed by atoms with Crippen molar-refractivity contribution >= 4 is 28.1 Å². The lowest BCUT2D eigenvalue weighted by Gasteiger charge is -2.15. The van der Waals surface area contributed by atoms with Crippen molar-refractivity contribution in [3.63, 3.8) is 0 Å². The monoisotopic (exact) mass is 210 g/mol. The van der Waals surface area contributed by atoms with Crippen molar-refractivity contribution in [2.45, 2.75) is 25.7 Å². The summed E-state index contributed by atoms with van der Waals surface area (Å²) in [6.45, 7) is 0. The molecule has 0 saturated heterocycles. The van der Waals surface area contributed by atoms with Crippen LogP contribution in [-0.2, 0) is 12.8 Å². The fraction of sp³-hybridized carbons (Fsp3) is 0.364. The predicted octanol–water partition coefficient (Wildman–Crippen LogP) is 3.48. The van der Waals surface area contributed by atoms with E-state index in [4.69, 9.17) is 23.8 Å². The summed E-state index contributed by atoms with van der Waals surface area (Å²) in [5.41, 5.74) is 3.91. The minimum Gasteiger partial charge on any atom is -0.0709 e. The molecule has 0 aromatic heterocycles. The van der Waals surface area contributed by atoms with Gasteiger partial charge in [0.15, 0.2) is 0 Å². The molecule has 0 aliphatic heterocycles. The van der Waals surface area contributed by atoms with Crippen molar-refractivity contribution in [3.8, 4) is 0 Å². The lowest BCUT2D eigenvalue weighted by molar-refractivity contribution is 0.685. The van der Waals surface area contributed by atoms with Crippen LogP contribution in [0.15, 0.2) is 18.2 Å². The average molecular weight is 211 g/mol. The third-order valence-electron chi connectivity index (χ3n) is 2.58. The Morgan fingerprint density at radius 1 is 1.15 bits per heavy atom. The van der Waals surface area contributed by atoms with Crippen LogP contribution in [0.25, 0.3) is 0 Å². The van der Waals surface area contributed by atoms with Gasteiger partial charge in [0, 0.05) is 5.56 Å². The van der Waals surface area contributed by atoms with Crippen LogP contribution in [0.5, 0.6) is 0 Å². The van der Waals surface area contributed by atoms with E-state index >= 15 is 0 Å². The first kappa shape index (κ1) is 9.17. The van der Waals surface area contributed by atoms with Crippen molar-refractivity contribution in [1.29, 1.82) is 0 Å². The standard InChI is InChI=1S/C11H11ClS/c12-11(13)10-6-5-8-3-1-2-4-9(8)7-10/h5-7H,1-4H2. The van der Waals surface area contributed by atoms with Crippen LogP contribution >= 0.6 is 23.8 Å². The molecule has 0 spiro atoms. The third-order valence-corrected chi connectivity index (χ3v) is 3.03. The molecular formula is C11H11ClS. The number of thiocarbonyl (C=S) groups is 1. The number of rotatable bonds is 1. The summed E-state index contributed by atoms with van der Waals surface area (Å²) in [5, 5.41) is 0. The first-order valence-electron chi connectivity index (χ1n) is 4.59. The summed E-state index contributed by atoms with van der Waals surface area (Å²) < 4.78 is 0.480. The smallest absolute Gasteiger partial charge is 0.0709 e. The lowest BCUT2D eigenvalue weighted by Crippen LogP contribution is -2.03. The molecule has 0 saturated carbocycles. The predicted molar refractivity (Wildman–Crippen MR) is 60.6 cm³/mol. The minimum atomic E-state index is 0.480. The maximum atomic E-state index is 5.78. The van der Waals surface area contributed by atoms with Crippen molar-refractivity contribution < 1.29 is 0 Å². The maximum Gasteiger partial charge on any atom is 0.111 e. The highest BCUT2D eigenvalue weighted by Gasteiger charge is 2.09. The highest BCUT2D eigenvalue weighted by Crippen LogP contribution is 2.22. The molecule has 0 unspecified atom stereocenters. The second kappa shape index (κ2) is 3.77. The van der Waals surface area contributed by atoms with E-state index in [0.717, 1.165) is 5.56 Å². The fourth-order valence-electron chi connectivity index (χ4n) is 1.86. The van der Waals surface area contributed by atoms with Crippen molar-refractivity contribution in [1.82, 2.24) is 0 Å². The SMILES string of the molecule is S=C(Cl)c1ccc2c(c1)CCCC2. The Morgan fingerprint density at radius 2 is 1.85 bits per heavy atom. The van der Waals surface area contributed by atoms with Crippen LogP contribution in [0.4, 0.5) is 0 Å². The Morgan fingerprint density at radius 3 is 2.54 bits per heavy atom. The molecule has 1 aromatic carbocycles. The molecule has 1 aromatic rings. The zero-order valence-electron chi connectivity index (χ0n) is 7.35. The van der Waals surface area contributed by atoms with E-state index in [0.29, 0.717) is 4.32 Å². The number of halogens is 1. The summed E-state index contributed by atoms with van der Waals surface area (Å²) in [4.78, 5) is 0. The summed E-state index contributed by atoms with van der Waals surface area (Å²) >= 11 is 10.7. The van der Waals surface area contributed by atoms with Gasteiger partial charge in [-0.3, -0.25) is 0 Å². The van der Waals surface area contributed by atoms with E-state index in [1.807, 2.05) is 6.07 Å². The fourth-order valence-corrected chi connectivity index (χ4v) is 2.10. The molecule has 1 aliphatic carbocycles. The van der Waals surface area contributed by atoms with E-state index < -0.39 is 0 Å². The van der Waals surface area contributed by atoms with E-state index in [1.54, 1.807) is 0 Å². The van der Waals surface area contributed by atoms with Crippen LogP contribution in [0.3, 0.4) is 0 Å². The first-order valence-corrected chi connectivity index (χ1v) is 5.37. The normalized spacial score (nSPS) is 15.2. The molecule has 0 N–H and O–H groups in total. The molecule has 68 valence electrons. The minimum absolute atomic E-state index is 0.480. The molecule has 13 heavy (non-hydrogen) atoms. The quantitative estimate of drug-likeness (QED) is 0.505. The molecule has 1 aliphatic rings. The van der Waals surface area contributed by atoms with Gasteiger partial charge in [-0.05, 0) is 42.9 Å². The van der Waals surface area contributed by atoms with Crippen LogP contribution < -0.4 is 0 Å². The number of aryl methyl sites for hydroxylation is 2. The highest BCUT2D eigenvalue weighted by atomic mass is 35.5. The van der Waals surface area contributed by atoms with Gasteiger partial charge in [0.05, 0.1) is 0 Å². The Balaban J connectivity index is 2.40. The van der Waals surface area contributed by atoms with Gasteiger partial charge in [0.1, 0.15) is 4.32 Å². The highest BCUT2D eigenvalue weighted by molar-refractivity contribution is 7.83. The largest absolute Gasteiger partial charge is 0.111 e. The zero-order valence-corrected chi connectivity index (χ0v) is 8.92. The molecule has 0 fully saturated rings. The molecule has 2 rings (SSSR count). The first-order chi connectivity index (χ1) is 6.27. The molecular weight excluding hydrogens is 200 g/mol. The Kier molecular flexibility index (Phi) is 2.66. The van der Waals surface area contributed by atoms with Gasteiger partial charge in [-0.2, -0.15) is 0 Å². The number of benzene rings is 1. The van der Waals surface area contributed by atoms with Gasteiger partial charge in [-0.25, -0.2) is 0 Å². The Hall–Kier alpha value is -0.400. The van der Waals surface area contributed by atoms with E-state index in [1.165, 1.54) is 36.8 Å². The molecule has 0 atom stereocenters. The van der Waals surface area contributed by atoms with Gasteiger partial charge in [0.25, 0.3) is 0 Å². The molecule has 0 radical (unpaired) electrons. The zero-order chi connectivity index (χ0) is 9.26. The number of hydrogen-bond acceptors (Lipinski definition) is 1. The van der Waals surface area contributed by atoms with Gasteiger partial charge in [-0.15, -0.1) is 0 Å². The second-order valence-corrected chi connectivity index (χ2v) is 4.47. The molecule has 0 nitrogen and oxygen atoms in total. The average Bonchev–Trinajstić information content (AvgIpc) is 2.17. The summed E-state index contributed by atoms with van der Waals surface area (Å²) in [6.07, 6.45) is 5.01. The number of hydrogen-bond donors (Lipinski definition) is 0. The third kappa shape index (κ3) is 1.92. The van der Waals surface area contributed by atoms with E-state index in [-0.39, 0.29) is 0 Å². The Bertz CT molecular complexity index is 344. The van der Waals surface area contributed by atoms with Crippen LogP contribution in [0.1, 0.15) is 29.5 Å². The van der Waals surface area contributed by atoms with Crippen LogP contribution in [-0.4, -0.2) is 4.32 Å². The summed E-state index contributed by atoms with van der Waals surface area (Å²) in [6, 6.07) is 6.34. The van der Waals surface area contributed by atoms with Crippen molar-refractivity contribution in [3.05, 3.63) is 34.9 Å². The summed E-state index contributed by atoms with van der Waals surface area (Å²) in [5.74, 6) is 0. The number of fused-ring (bicyclic) bond motifs is 1. The summed E-state index contributed by atoms with van der Waals surface area (Å²) in [7, 11) is 0. The van der Waals surface area contributed by atoms with Crippen LogP contribution in [0.2, 0.25) is 0 Å². The molecule has 2 heteroatoms. The van der Waals surface area contributed by atoms with Gasteiger partial charge >= 0.3 is 0 Å². The van der Waals surface area contributed by atoms with Crippen LogP contribution in [0, 0.1) is 0 Å². The topological polar surface area (TPSA) is 0 Å². The molecule has 0 amide bonds. The van der Waals surface area contributed by atoms with Gasteiger partial charge in [-0.1, -0.05) is 36.0 Å². The Labute approximate surface area is 88.9 Å². The molecule has 0 bridgehead atoms. The van der Waals surface area contributed by atoms with E-state index in [9.17, 15) is 0 Å². The maximum absolute atomic E-state index is 5.78. The van der Waals surface area contributed by atoms with Gasteiger partial charge < -0.3 is 0 Å². The van der Waals surface area contributed by atoms with Crippen molar-refractivity contribution in [2.24, 2.45) is 0 Å². The van der Waals surface area contributed by atoms with Gasteiger partial charge in [0.2, 0.25) is 0 Å². The van der Waals surface area contributed by atoms with E-state index in [2.05, 4.69) is 12.1 Å².